The lowest BCUT2D eigenvalue weighted by atomic mass is 9.82. The van der Waals surface area contributed by atoms with Gasteiger partial charge >= 0.3 is 0 Å². The summed E-state index contributed by atoms with van der Waals surface area (Å²) < 4.78 is 5.63. The van der Waals surface area contributed by atoms with Crippen LogP contribution < -0.4 is 15.4 Å². The van der Waals surface area contributed by atoms with Gasteiger partial charge in [0.25, 0.3) is 0 Å². The number of rotatable bonds is 5. The van der Waals surface area contributed by atoms with Gasteiger partial charge < -0.3 is 15.4 Å². The van der Waals surface area contributed by atoms with Crippen LogP contribution in [0.1, 0.15) is 30.9 Å². The number of pyridine rings is 2. The molecule has 1 aliphatic rings. The number of halogens is 1. The SMILES string of the molecule is CCOc1ncccc1-c1ccc(C2(N)CCN(c3ccc(Cl)cc3C#N)CC2)cn1. The fourth-order valence-corrected chi connectivity index (χ4v) is 4.17. The highest BCUT2D eigenvalue weighted by molar-refractivity contribution is 6.30. The monoisotopic (exact) mass is 433 g/mol. The molecule has 1 fully saturated rings. The van der Waals surface area contributed by atoms with E-state index in [-0.39, 0.29) is 0 Å². The van der Waals surface area contributed by atoms with E-state index in [4.69, 9.17) is 22.1 Å². The van der Waals surface area contributed by atoms with Crippen molar-refractivity contribution in [1.82, 2.24) is 9.97 Å². The topological polar surface area (TPSA) is 88.1 Å². The first-order chi connectivity index (χ1) is 15.0. The predicted molar refractivity (Wildman–Crippen MR) is 122 cm³/mol. The zero-order valence-corrected chi connectivity index (χ0v) is 18.1. The van der Waals surface area contributed by atoms with Crippen molar-refractivity contribution in [2.75, 3.05) is 24.6 Å². The Bertz CT molecular complexity index is 1100. The normalized spacial score (nSPS) is 15.4. The van der Waals surface area contributed by atoms with Gasteiger partial charge in [0.1, 0.15) is 6.07 Å². The lowest BCUT2D eigenvalue weighted by Crippen LogP contribution is -2.48. The van der Waals surface area contributed by atoms with Crippen LogP contribution in [0.15, 0.2) is 54.9 Å². The van der Waals surface area contributed by atoms with Crippen molar-refractivity contribution in [2.24, 2.45) is 5.73 Å². The zero-order valence-electron chi connectivity index (χ0n) is 17.4. The number of nitrogens with zero attached hydrogens (tertiary/aromatic N) is 4. The van der Waals surface area contributed by atoms with Crippen LogP contribution in [0.5, 0.6) is 5.88 Å². The molecule has 0 bridgehead atoms. The van der Waals surface area contributed by atoms with E-state index >= 15 is 0 Å². The molecule has 1 aromatic carbocycles. The van der Waals surface area contributed by atoms with E-state index in [1.165, 1.54) is 0 Å². The Morgan fingerprint density at radius 3 is 2.68 bits per heavy atom. The number of benzene rings is 1. The molecule has 0 radical (unpaired) electrons. The first-order valence-electron chi connectivity index (χ1n) is 10.3. The van der Waals surface area contributed by atoms with Gasteiger partial charge in [0.2, 0.25) is 5.88 Å². The van der Waals surface area contributed by atoms with Crippen LogP contribution >= 0.6 is 11.6 Å². The summed E-state index contributed by atoms with van der Waals surface area (Å²) in [6.45, 7) is 3.99. The molecule has 2 N–H and O–H groups in total. The highest BCUT2D eigenvalue weighted by Gasteiger charge is 2.33. The Balaban J connectivity index is 1.51. The summed E-state index contributed by atoms with van der Waals surface area (Å²) in [6, 6.07) is 15.5. The second kappa shape index (κ2) is 8.93. The van der Waals surface area contributed by atoms with Gasteiger partial charge in [-0.05, 0) is 61.7 Å². The van der Waals surface area contributed by atoms with Crippen molar-refractivity contribution >= 4 is 17.3 Å². The second-order valence-corrected chi connectivity index (χ2v) is 8.07. The summed E-state index contributed by atoms with van der Waals surface area (Å²) in [4.78, 5) is 11.2. The molecule has 4 rings (SSSR count). The highest BCUT2D eigenvalue weighted by Crippen LogP contribution is 2.35. The summed E-state index contributed by atoms with van der Waals surface area (Å²) >= 11 is 6.04. The fourth-order valence-electron chi connectivity index (χ4n) is 3.99. The fraction of sp³-hybridized carbons (Fsp3) is 0.292. The summed E-state index contributed by atoms with van der Waals surface area (Å²) in [5.41, 5.74) is 10.5. The van der Waals surface area contributed by atoms with Gasteiger partial charge in [-0.1, -0.05) is 17.7 Å². The summed E-state index contributed by atoms with van der Waals surface area (Å²) in [6.07, 6.45) is 5.10. The average Bonchev–Trinajstić information content (AvgIpc) is 2.80. The number of piperidine rings is 1. The molecular formula is C24H24ClN5O. The second-order valence-electron chi connectivity index (χ2n) is 7.64. The van der Waals surface area contributed by atoms with E-state index in [9.17, 15) is 5.26 Å². The molecule has 3 aromatic rings. The van der Waals surface area contributed by atoms with Crippen LogP contribution in [0.2, 0.25) is 5.02 Å². The molecule has 31 heavy (non-hydrogen) atoms. The van der Waals surface area contributed by atoms with Gasteiger partial charge in [0.05, 0.1) is 29.1 Å². The van der Waals surface area contributed by atoms with Crippen LogP contribution in [0, 0.1) is 11.3 Å². The third kappa shape index (κ3) is 4.34. The largest absolute Gasteiger partial charge is 0.477 e. The quantitative estimate of drug-likeness (QED) is 0.636. The standard InChI is InChI=1S/C24H24ClN5O/c1-2-31-23-20(4-3-11-28-23)21-7-5-18(16-29-21)24(27)9-12-30(13-10-24)22-8-6-19(25)14-17(22)15-26/h3-8,11,14,16H,2,9-10,12-13,27H2,1H3. The van der Waals surface area contributed by atoms with Gasteiger partial charge in [-0.3, -0.25) is 4.98 Å². The summed E-state index contributed by atoms with van der Waals surface area (Å²) in [5, 5.41) is 10.0. The van der Waals surface area contributed by atoms with Crippen molar-refractivity contribution < 1.29 is 4.74 Å². The van der Waals surface area contributed by atoms with Crippen molar-refractivity contribution in [1.29, 1.82) is 5.26 Å². The van der Waals surface area contributed by atoms with Crippen molar-refractivity contribution in [3.63, 3.8) is 0 Å². The molecule has 1 aliphatic heterocycles. The van der Waals surface area contributed by atoms with Gasteiger partial charge in [0, 0.05) is 36.0 Å². The average molecular weight is 434 g/mol. The lowest BCUT2D eigenvalue weighted by Gasteiger charge is -2.40. The number of nitrogens with two attached hydrogens (primary N) is 1. The number of nitriles is 1. The van der Waals surface area contributed by atoms with E-state index in [1.807, 2.05) is 49.5 Å². The van der Waals surface area contributed by atoms with Crippen molar-refractivity contribution in [2.45, 2.75) is 25.3 Å². The molecule has 0 spiro atoms. The molecule has 6 nitrogen and oxygen atoms in total. The van der Waals surface area contributed by atoms with Crippen LogP contribution in [0.3, 0.4) is 0 Å². The lowest BCUT2D eigenvalue weighted by molar-refractivity contribution is 0.328. The molecule has 0 amide bonds. The number of aromatic nitrogens is 2. The molecule has 0 unspecified atom stereocenters. The van der Waals surface area contributed by atoms with Crippen LogP contribution in [-0.4, -0.2) is 29.7 Å². The predicted octanol–water partition coefficient (Wildman–Crippen LogP) is 4.52. The first-order valence-corrected chi connectivity index (χ1v) is 10.7. The van der Waals surface area contributed by atoms with Crippen LogP contribution in [-0.2, 0) is 5.54 Å². The maximum absolute atomic E-state index is 9.45. The molecule has 7 heteroatoms. The Morgan fingerprint density at radius 2 is 2.00 bits per heavy atom. The van der Waals surface area contributed by atoms with Gasteiger partial charge in [0.15, 0.2) is 0 Å². The maximum Gasteiger partial charge on any atom is 0.222 e. The summed E-state index contributed by atoms with van der Waals surface area (Å²) in [7, 11) is 0. The smallest absolute Gasteiger partial charge is 0.222 e. The molecule has 0 saturated carbocycles. The number of anilines is 1. The number of hydrogen-bond acceptors (Lipinski definition) is 6. The van der Waals surface area contributed by atoms with Gasteiger partial charge in [-0.25, -0.2) is 4.98 Å². The molecule has 3 heterocycles. The number of ether oxygens (including phenoxy) is 1. The van der Waals surface area contributed by atoms with Crippen molar-refractivity contribution in [3.8, 4) is 23.2 Å². The van der Waals surface area contributed by atoms with Crippen LogP contribution in [0.4, 0.5) is 5.69 Å². The maximum atomic E-state index is 9.45. The summed E-state index contributed by atoms with van der Waals surface area (Å²) in [5.74, 6) is 0.581. The Morgan fingerprint density at radius 1 is 1.19 bits per heavy atom. The Labute approximate surface area is 187 Å². The van der Waals surface area contributed by atoms with E-state index in [0.717, 1.165) is 48.4 Å². The third-order valence-electron chi connectivity index (χ3n) is 5.74. The molecule has 0 atom stereocenters. The van der Waals surface area contributed by atoms with Crippen LogP contribution in [0.25, 0.3) is 11.3 Å². The zero-order chi connectivity index (χ0) is 21.8. The van der Waals surface area contributed by atoms with E-state index in [2.05, 4.69) is 20.9 Å². The van der Waals surface area contributed by atoms with Gasteiger partial charge in [-0.2, -0.15) is 5.26 Å². The minimum Gasteiger partial charge on any atom is -0.477 e. The molecular weight excluding hydrogens is 410 g/mol. The molecule has 1 saturated heterocycles. The first kappa shape index (κ1) is 21.1. The number of hydrogen-bond donors (Lipinski definition) is 1. The van der Waals surface area contributed by atoms with Gasteiger partial charge in [-0.15, -0.1) is 0 Å². The minimum absolute atomic E-state index is 0.459. The molecule has 158 valence electrons. The van der Waals surface area contributed by atoms with Crippen molar-refractivity contribution in [3.05, 3.63) is 71.0 Å². The molecule has 2 aromatic heterocycles. The minimum atomic E-state index is -0.459. The Hall–Kier alpha value is -3.14. The van der Waals surface area contributed by atoms with E-state index in [1.54, 1.807) is 12.3 Å². The molecule has 0 aliphatic carbocycles. The third-order valence-corrected chi connectivity index (χ3v) is 5.98. The Kier molecular flexibility index (Phi) is 6.08. The highest BCUT2D eigenvalue weighted by atomic mass is 35.5. The van der Waals surface area contributed by atoms with E-state index < -0.39 is 5.54 Å². The van der Waals surface area contributed by atoms with E-state index in [0.29, 0.717) is 23.1 Å².